The molecule has 5 N–H and O–H groups in total. The van der Waals surface area contributed by atoms with Gasteiger partial charge in [-0.2, -0.15) is 5.53 Å². The zero-order chi connectivity index (χ0) is 49.6. The van der Waals surface area contributed by atoms with Crippen molar-refractivity contribution in [2.75, 3.05) is 37.1 Å². The predicted molar refractivity (Wildman–Crippen MR) is 269 cm³/mol. The van der Waals surface area contributed by atoms with Gasteiger partial charge in [0.05, 0.1) is 58.9 Å². The first-order chi connectivity index (χ1) is 33.8. The highest BCUT2D eigenvalue weighted by atomic mass is 35.5. The smallest absolute Gasteiger partial charge is 0.257 e. The second-order valence-electron chi connectivity index (χ2n) is 16.9. The first-order valence-electron chi connectivity index (χ1n) is 22.4. The molecule has 6 aromatic rings. The van der Waals surface area contributed by atoms with Crippen LogP contribution in [0.2, 0.25) is 0 Å². The molecular weight excluding hydrogens is 912 g/mol. The lowest BCUT2D eigenvalue weighted by Gasteiger charge is -2.17. The minimum absolute atomic E-state index is 0.0313. The fourth-order valence-corrected chi connectivity index (χ4v) is 7.97. The lowest BCUT2D eigenvalue weighted by atomic mass is 9.99. The molecule has 3 heterocycles. The second-order valence-corrected chi connectivity index (χ2v) is 17.0. The summed E-state index contributed by atoms with van der Waals surface area (Å²) in [5.41, 5.74) is 18.2. The van der Waals surface area contributed by atoms with Crippen LogP contribution in [0.1, 0.15) is 67.9 Å². The number of carbonyl (C=O) groups excluding carboxylic acids is 2. The molecule has 360 valence electrons. The van der Waals surface area contributed by atoms with Crippen molar-refractivity contribution in [2.45, 2.75) is 58.5 Å². The van der Waals surface area contributed by atoms with Gasteiger partial charge in [0.1, 0.15) is 36.9 Å². The Balaban J connectivity index is 0.000000189. The molecule has 9 rings (SSSR count). The van der Waals surface area contributed by atoms with Gasteiger partial charge in [-0.05, 0) is 108 Å². The monoisotopic (exact) mass is 964 g/mol. The fourth-order valence-electron chi connectivity index (χ4n) is 7.93. The summed E-state index contributed by atoms with van der Waals surface area (Å²) >= 11 is 4.55. The first-order valence-corrected chi connectivity index (χ1v) is 22.8. The van der Waals surface area contributed by atoms with E-state index in [-0.39, 0.29) is 31.1 Å². The zero-order valence-electron chi connectivity index (χ0n) is 39.1. The van der Waals surface area contributed by atoms with Crippen molar-refractivity contribution in [3.05, 3.63) is 178 Å². The molecule has 2 amide bonds. The number of halogens is 1. The van der Waals surface area contributed by atoms with Crippen LogP contribution in [-0.2, 0) is 22.3 Å². The molecule has 3 aliphatic heterocycles. The number of hydrogen-bond acceptors (Lipinski definition) is 12. The third-order valence-corrected chi connectivity index (χ3v) is 11.3. The summed E-state index contributed by atoms with van der Waals surface area (Å²) in [5, 5.41) is 29.3. The molecule has 3 aliphatic rings. The Kier molecular flexibility index (Phi) is 17.1. The molecule has 0 aromatic heterocycles. The molecule has 0 aliphatic carbocycles. The van der Waals surface area contributed by atoms with Crippen LogP contribution in [0.4, 0.5) is 22.7 Å². The number of aliphatic imine (C=N–C) groups is 2. The molecular formula is C53H53ClN8O8. The molecule has 0 bridgehead atoms. The number of anilines is 2. The van der Waals surface area contributed by atoms with Crippen molar-refractivity contribution in [3.8, 4) is 11.5 Å². The molecule has 70 heavy (non-hydrogen) atoms. The highest BCUT2D eigenvalue weighted by molar-refractivity contribution is 6.15. The SMILES string of the molecule is Cc1ccccc1C1=Nc2c(cccc2C(=O)Nc2cccc(OCC(O)CO)c2)C1.Cc1ccccc1C1=Nc2c(cccc2C(=O)Nc2cccc(OCC3COC(C)(C)O3)c2)C1.N=NN=NCl. The summed E-state index contributed by atoms with van der Waals surface area (Å²) in [6.45, 7) is 8.38. The standard InChI is InChI=1S/C28H28N2O4.C25H24N2O4.ClHN4/c1-18-8-4-5-12-23(18)25-14-19-9-6-13-24(26(19)30-25)27(31)29-20-10-7-11-21(15-20)32-16-22-17-33-28(2,3)34-22;1-16-6-2-3-10-21(16)23-12-17-7-4-11-22(24(17)27-23)25(30)26-18-8-5-9-20(13-18)31-15-19(29)14-28;1-3-5-4-2/h4-13,15,22H,14,16-17H2,1-3H3,(H,29,31);2-11,13,19,28-29H,12,14-15H2,1H3,(H,26,30);2H. The summed E-state index contributed by atoms with van der Waals surface area (Å²) in [4.78, 5) is 35.8. The number of rotatable bonds is 14. The van der Waals surface area contributed by atoms with Gasteiger partial charge < -0.3 is 39.8 Å². The van der Waals surface area contributed by atoms with Crippen LogP contribution in [0.15, 0.2) is 159 Å². The average Bonchev–Trinajstić information content (AvgIpc) is 4.10. The van der Waals surface area contributed by atoms with E-state index in [4.69, 9.17) is 39.6 Å². The van der Waals surface area contributed by atoms with Crippen LogP contribution in [0.3, 0.4) is 0 Å². The predicted octanol–water partition coefficient (Wildman–Crippen LogP) is 10.6. The number of aliphatic hydroxyl groups excluding tert-OH is 2. The van der Waals surface area contributed by atoms with E-state index in [1.54, 1.807) is 30.3 Å². The van der Waals surface area contributed by atoms with Crippen LogP contribution in [-0.4, -0.2) is 77.9 Å². The van der Waals surface area contributed by atoms with Crippen molar-refractivity contribution in [1.82, 2.24) is 0 Å². The van der Waals surface area contributed by atoms with Gasteiger partial charge in [0, 0.05) is 36.3 Å². The molecule has 0 spiro atoms. The average molecular weight is 966 g/mol. The van der Waals surface area contributed by atoms with E-state index in [0.717, 1.165) is 44.9 Å². The number of hydrogen-bond donors (Lipinski definition) is 5. The maximum Gasteiger partial charge on any atom is 0.257 e. The quantitative estimate of drug-likeness (QED) is 0.0521. The third-order valence-electron chi connectivity index (χ3n) is 11.3. The number of nitrogens with one attached hydrogen (secondary N) is 3. The van der Waals surface area contributed by atoms with E-state index in [1.165, 1.54) is 5.56 Å². The number of ether oxygens (including phenoxy) is 4. The molecule has 0 radical (unpaired) electrons. The Morgan fingerprint density at radius 2 is 1.26 bits per heavy atom. The summed E-state index contributed by atoms with van der Waals surface area (Å²) in [6, 6.07) is 42.0. The van der Waals surface area contributed by atoms with Gasteiger partial charge in [-0.15, -0.1) is 0 Å². The lowest BCUT2D eigenvalue weighted by molar-refractivity contribution is -0.141. The summed E-state index contributed by atoms with van der Waals surface area (Å²) in [6.07, 6.45) is 0.331. The number of aryl methyl sites for hydroxylation is 2. The molecule has 2 unspecified atom stereocenters. The number of benzene rings is 6. The van der Waals surface area contributed by atoms with Crippen LogP contribution < -0.4 is 20.1 Å². The van der Waals surface area contributed by atoms with Gasteiger partial charge in [-0.1, -0.05) is 89.6 Å². The number of fused-ring (bicyclic) bond motifs is 2. The minimum Gasteiger partial charge on any atom is -0.491 e. The maximum absolute atomic E-state index is 13.2. The molecule has 2 atom stereocenters. The summed E-state index contributed by atoms with van der Waals surface area (Å²) in [5.74, 6) is 0.117. The van der Waals surface area contributed by atoms with Crippen molar-refractivity contribution < 1.29 is 38.7 Å². The van der Waals surface area contributed by atoms with E-state index < -0.39 is 11.9 Å². The van der Waals surface area contributed by atoms with Crippen molar-refractivity contribution >= 4 is 57.8 Å². The molecule has 17 heteroatoms. The highest BCUT2D eigenvalue weighted by Gasteiger charge is 2.33. The summed E-state index contributed by atoms with van der Waals surface area (Å²) < 4.78 is 25.3. The Bertz CT molecular complexity index is 2940. The number of amides is 2. The normalized spacial score (nSPS) is 15.4. The first kappa shape index (κ1) is 50.4. The molecule has 16 nitrogen and oxygen atoms in total. The number of para-hydroxylation sites is 2. The number of aliphatic hydroxyl groups is 2. The van der Waals surface area contributed by atoms with Crippen molar-refractivity contribution in [2.24, 2.45) is 25.1 Å². The maximum atomic E-state index is 13.2. The Morgan fingerprint density at radius 1 is 0.757 bits per heavy atom. The van der Waals surface area contributed by atoms with Crippen LogP contribution in [0, 0.1) is 19.4 Å². The van der Waals surface area contributed by atoms with Gasteiger partial charge in [0.2, 0.25) is 0 Å². The van der Waals surface area contributed by atoms with Gasteiger partial charge >= 0.3 is 0 Å². The van der Waals surface area contributed by atoms with E-state index >= 15 is 0 Å². The highest BCUT2D eigenvalue weighted by Crippen LogP contribution is 2.36. The van der Waals surface area contributed by atoms with Gasteiger partial charge in [-0.3, -0.25) is 19.6 Å². The molecule has 1 saturated heterocycles. The Hall–Kier alpha value is -7.47. The van der Waals surface area contributed by atoms with Gasteiger partial charge in [0.15, 0.2) is 5.79 Å². The molecule has 6 aromatic carbocycles. The number of nitrogens with zero attached hydrogens (tertiary/aromatic N) is 5. The second kappa shape index (κ2) is 23.7. The van der Waals surface area contributed by atoms with E-state index in [2.05, 4.69) is 75.6 Å². The molecule has 0 saturated carbocycles. The van der Waals surface area contributed by atoms with E-state index in [1.807, 2.05) is 92.7 Å². The minimum atomic E-state index is -0.953. The van der Waals surface area contributed by atoms with Crippen LogP contribution in [0.25, 0.3) is 0 Å². The van der Waals surface area contributed by atoms with Crippen molar-refractivity contribution in [1.29, 1.82) is 5.53 Å². The molecule has 1 fully saturated rings. The van der Waals surface area contributed by atoms with Gasteiger partial charge in [-0.25, -0.2) is 0 Å². The largest absolute Gasteiger partial charge is 0.491 e. The van der Waals surface area contributed by atoms with E-state index in [0.29, 0.717) is 65.7 Å². The fraction of sp³-hybridized carbons (Fsp3) is 0.245. The third kappa shape index (κ3) is 13.2. The van der Waals surface area contributed by atoms with Crippen LogP contribution in [0.5, 0.6) is 11.5 Å². The summed E-state index contributed by atoms with van der Waals surface area (Å²) in [7, 11) is 0. The van der Waals surface area contributed by atoms with E-state index in [9.17, 15) is 14.7 Å². The van der Waals surface area contributed by atoms with Gasteiger partial charge in [0.25, 0.3) is 11.8 Å². The lowest BCUT2D eigenvalue weighted by Crippen LogP contribution is -2.25. The number of carbonyl (C=O) groups is 2. The Labute approximate surface area is 410 Å². The van der Waals surface area contributed by atoms with Crippen LogP contribution >= 0.6 is 11.8 Å². The Morgan fingerprint density at radius 3 is 1.70 bits per heavy atom. The topological polar surface area (TPSA) is 221 Å². The van der Waals surface area contributed by atoms with Crippen molar-refractivity contribution in [3.63, 3.8) is 0 Å². The zero-order valence-corrected chi connectivity index (χ0v) is 39.8.